The molecule has 0 aliphatic heterocycles. The zero-order valence-electron chi connectivity index (χ0n) is 10.0. The lowest BCUT2D eigenvalue weighted by atomic mass is 10.1. The van der Waals surface area contributed by atoms with Crippen molar-refractivity contribution in [2.24, 2.45) is 5.73 Å². The van der Waals surface area contributed by atoms with Crippen molar-refractivity contribution in [1.82, 2.24) is 0 Å². The summed E-state index contributed by atoms with van der Waals surface area (Å²) in [4.78, 5) is 0. The fourth-order valence-corrected chi connectivity index (χ4v) is 2.20. The first-order chi connectivity index (χ1) is 7.42. The van der Waals surface area contributed by atoms with Gasteiger partial charge in [0.05, 0.1) is 12.5 Å². The van der Waals surface area contributed by atoms with E-state index in [-0.39, 0.29) is 6.04 Å². The van der Waals surface area contributed by atoms with E-state index in [1.807, 2.05) is 24.3 Å². The summed E-state index contributed by atoms with van der Waals surface area (Å²) in [6, 6.07) is 9.57. The normalized spacial score (nSPS) is 12.9. The molecule has 1 rings (SSSR count). The van der Waals surface area contributed by atoms with Gasteiger partial charge in [-0.15, -0.1) is 0 Å². The van der Waals surface area contributed by atoms with Gasteiger partial charge < -0.3 is 10.2 Å². The molecule has 0 saturated carbocycles. The molecule has 0 fully saturated rings. The van der Waals surface area contributed by atoms with Gasteiger partial charge in [-0.05, 0) is 37.3 Å². The maximum absolute atomic E-state index is 8.56. The van der Waals surface area contributed by atoms with Crippen molar-refractivity contribution in [2.75, 3.05) is 0 Å². The Bertz CT molecular complexity index is 375. The average Bonchev–Trinajstić information content (AvgIpc) is 2.16. The van der Waals surface area contributed by atoms with Gasteiger partial charge in [0.15, 0.2) is 0 Å². The first-order valence-electron chi connectivity index (χ1n) is 5.34. The van der Waals surface area contributed by atoms with Crippen LogP contribution in [0.1, 0.15) is 18.0 Å². The molecule has 3 nitrogen and oxygen atoms in total. The summed E-state index contributed by atoms with van der Waals surface area (Å²) < 4.78 is 5.83. The summed E-state index contributed by atoms with van der Waals surface area (Å²) in [5.41, 5.74) is 6.80. The molecule has 0 amide bonds. The van der Waals surface area contributed by atoms with Gasteiger partial charge in [0.25, 0.3) is 0 Å². The van der Waals surface area contributed by atoms with Crippen molar-refractivity contribution >= 4 is 8.32 Å². The summed E-state index contributed by atoms with van der Waals surface area (Å²) in [6.45, 7) is 6.42. The number of hydrogen-bond donors (Lipinski definition) is 1. The second kappa shape index (κ2) is 5.15. The SMILES string of the molecule is C[Si](C)(C)Oc1ccc([C@H](N)CC#N)cc1. The van der Waals surface area contributed by atoms with E-state index in [2.05, 4.69) is 25.7 Å². The van der Waals surface area contributed by atoms with Gasteiger partial charge in [0, 0.05) is 6.04 Å². The van der Waals surface area contributed by atoms with Gasteiger partial charge in [-0.2, -0.15) is 5.26 Å². The predicted octanol–water partition coefficient (Wildman–Crippen LogP) is 2.81. The summed E-state index contributed by atoms with van der Waals surface area (Å²) >= 11 is 0. The lowest BCUT2D eigenvalue weighted by Gasteiger charge is -2.19. The number of rotatable bonds is 4. The highest BCUT2D eigenvalue weighted by atomic mass is 28.4. The minimum absolute atomic E-state index is 0.203. The zero-order chi connectivity index (χ0) is 12.2. The molecule has 0 saturated heterocycles. The van der Waals surface area contributed by atoms with Crippen LogP contribution in [0, 0.1) is 11.3 Å². The van der Waals surface area contributed by atoms with E-state index in [0.717, 1.165) is 11.3 Å². The lowest BCUT2D eigenvalue weighted by molar-refractivity contribution is 0.557. The summed E-state index contributed by atoms with van der Waals surface area (Å²) in [5.74, 6) is 0.882. The third kappa shape index (κ3) is 4.05. The molecule has 4 heteroatoms. The van der Waals surface area contributed by atoms with Gasteiger partial charge in [-0.3, -0.25) is 0 Å². The number of nitrogens with zero attached hydrogens (tertiary/aromatic N) is 1. The first kappa shape index (κ1) is 12.8. The fraction of sp³-hybridized carbons (Fsp3) is 0.417. The average molecular weight is 234 g/mol. The van der Waals surface area contributed by atoms with Crippen molar-refractivity contribution < 1.29 is 4.43 Å². The van der Waals surface area contributed by atoms with Crippen LogP contribution in [0.4, 0.5) is 0 Å². The molecule has 0 spiro atoms. The second-order valence-electron chi connectivity index (χ2n) is 4.75. The van der Waals surface area contributed by atoms with Crippen molar-refractivity contribution in [3.05, 3.63) is 29.8 Å². The molecule has 1 atom stereocenters. The maximum atomic E-state index is 8.56. The molecule has 86 valence electrons. The number of benzene rings is 1. The van der Waals surface area contributed by atoms with Crippen LogP contribution in [0.15, 0.2) is 24.3 Å². The van der Waals surface area contributed by atoms with Crippen LogP contribution in [-0.2, 0) is 0 Å². The molecular formula is C12H18N2OSi. The zero-order valence-corrected chi connectivity index (χ0v) is 11.0. The van der Waals surface area contributed by atoms with E-state index in [1.54, 1.807) is 0 Å². The Labute approximate surface area is 98.0 Å². The van der Waals surface area contributed by atoms with Crippen LogP contribution in [0.2, 0.25) is 19.6 Å². The molecule has 0 heterocycles. The van der Waals surface area contributed by atoms with Crippen LogP contribution in [0.3, 0.4) is 0 Å². The van der Waals surface area contributed by atoms with Gasteiger partial charge in [0.1, 0.15) is 5.75 Å². The van der Waals surface area contributed by atoms with E-state index in [0.29, 0.717) is 6.42 Å². The standard InChI is InChI=1S/C12H18N2OSi/c1-16(2,3)15-11-6-4-10(5-7-11)12(14)8-9-13/h4-7,12H,8,14H2,1-3H3/t12-/m1/s1. The first-order valence-corrected chi connectivity index (χ1v) is 8.75. The summed E-state index contributed by atoms with van der Waals surface area (Å²) in [7, 11) is -1.54. The highest BCUT2D eigenvalue weighted by molar-refractivity contribution is 6.70. The van der Waals surface area contributed by atoms with Gasteiger partial charge in [-0.1, -0.05) is 12.1 Å². The maximum Gasteiger partial charge on any atom is 0.242 e. The van der Waals surface area contributed by atoms with Crippen molar-refractivity contribution in [3.8, 4) is 11.8 Å². The molecule has 1 aromatic rings. The topological polar surface area (TPSA) is 59.0 Å². The largest absolute Gasteiger partial charge is 0.544 e. The van der Waals surface area contributed by atoms with Crippen LogP contribution in [0.5, 0.6) is 5.75 Å². The number of hydrogen-bond acceptors (Lipinski definition) is 3. The molecule has 0 aliphatic rings. The fourth-order valence-electron chi connectivity index (χ4n) is 1.35. The molecular weight excluding hydrogens is 216 g/mol. The lowest BCUT2D eigenvalue weighted by Crippen LogP contribution is -2.29. The molecule has 1 aromatic carbocycles. The Balaban J connectivity index is 2.72. The van der Waals surface area contributed by atoms with Crippen molar-refractivity contribution in [2.45, 2.75) is 32.1 Å². The van der Waals surface area contributed by atoms with E-state index in [9.17, 15) is 0 Å². The van der Waals surface area contributed by atoms with Crippen molar-refractivity contribution in [3.63, 3.8) is 0 Å². The molecule has 0 unspecified atom stereocenters. The quantitative estimate of drug-likeness (QED) is 0.815. The summed E-state index contributed by atoms with van der Waals surface area (Å²) in [6.07, 6.45) is 0.341. The summed E-state index contributed by atoms with van der Waals surface area (Å²) in [5, 5.41) is 8.56. The third-order valence-electron chi connectivity index (χ3n) is 2.04. The Morgan fingerprint density at radius 2 is 1.88 bits per heavy atom. The minimum atomic E-state index is -1.54. The van der Waals surface area contributed by atoms with Crippen molar-refractivity contribution in [1.29, 1.82) is 5.26 Å². The molecule has 0 radical (unpaired) electrons. The second-order valence-corrected chi connectivity index (χ2v) is 9.18. The highest BCUT2D eigenvalue weighted by Gasteiger charge is 2.16. The van der Waals surface area contributed by atoms with Crippen LogP contribution >= 0.6 is 0 Å². The van der Waals surface area contributed by atoms with E-state index in [4.69, 9.17) is 15.4 Å². The monoisotopic (exact) mass is 234 g/mol. The predicted molar refractivity (Wildman–Crippen MR) is 67.6 cm³/mol. The van der Waals surface area contributed by atoms with Gasteiger partial charge in [0.2, 0.25) is 8.32 Å². The van der Waals surface area contributed by atoms with E-state index >= 15 is 0 Å². The Morgan fingerprint density at radius 1 is 1.31 bits per heavy atom. The minimum Gasteiger partial charge on any atom is -0.544 e. The Hall–Kier alpha value is -1.31. The molecule has 2 N–H and O–H groups in total. The Morgan fingerprint density at radius 3 is 2.31 bits per heavy atom. The smallest absolute Gasteiger partial charge is 0.242 e. The van der Waals surface area contributed by atoms with Gasteiger partial charge >= 0.3 is 0 Å². The third-order valence-corrected chi connectivity index (χ3v) is 2.89. The number of nitrogens with two attached hydrogens (primary N) is 1. The highest BCUT2D eigenvalue weighted by Crippen LogP contribution is 2.20. The van der Waals surface area contributed by atoms with Crippen LogP contribution < -0.4 is 10.2 Å². The molecule has 0 aliphatic carbocycles. The van der Waals surface area contributed by atoms with Crippen LogP contribution in [0.25, 0.3) is 0 Å². The van der Waals surface area contributed by atoms with Gasteiger partial charge in [-0.25, -0.2) is 0 Å². The molecule has 0 bridgehead atoms. The van der Waals surface area contributed by atoms with E-state index < -0.39 is 8.32 Å². The van der Waals surface area contributed by atoms with E-state index in [1.165, 1.54) is 0 Å². The molecule has 0 aromatic heterocycles. The number of nitriles is 1. The molecule has 16 heavy (non-hydrogen) atoms. The van der Waals surface area contributed by atoms with Crippen LogP contribution in [-0.4, -0.2) is 8.32 Å². The Kier molecular flexibility index (Phi) is 4.10.